The predicted octanol–water partition coefficient (Wildman–Crippen LogP) is 7.20. The first-order valence-corrected chi connectivity index (χ1v) is 9.53. The molecule has 1 aliphatic rings. The quantitative estimate of drug-likeness (QED) is 0.328. The first-order chi connectivity index (χ1) is 9.43. The van der Waals surface area contributed by atoms with Gasteiger partial charge in [-0.15, -0.1) is 11.6 Å². The van der Waals surface area contributed by atoms with E-state index in [9.17, 15) is 0 Å². The molecule has 120 valence electrons. The lowest BCUT2D eigenvalue weighted by Gasteiger charge is -2.43. The average molecular weight is 301 g/mol. The fraction of sp³-hybridized carbons (Fsp3) is 1.00. The number of unbranched alkanes of at least 4 members (excludes halogenated alkanes) is 5. The number of hydrogen-bond donors (Lipinski definition) is 0. The Balaban J connectivity index is 2.28. The van der Waals surface area contributed by atoms with E-state index in [1.54, 1.807) is 0 Å². The molecule has 0 radical (unpaired) electrons. The standard InChI is InChI=1S/C19H37Cl/c1-5-6-7-8-9-10-13-19(16-20)14-11-17(12-15-19)18(2,3)4/h17H,5-16H2,1-4H3. The Morgan fingerprint density at radius 3 is 2.00 bits per heavy atom. The molecule has 0 amide bonds. The molecule has 0 nitrogen and oxygen atoms in total. The second kappa shape index (κ2) is 8.66. The lowest BCUT2D eigenvalue weighted by atomic mass is 9.63. The van der Waals surface area contributed by atoms with Crippen LogP contribution in [0, 0.1) is 16.7 Å². The Kier molecular flexibility index (Phi) is 7.95. The highest BCUT2D eigenvalue weighted by atomic mass is 35.5. The Bertz CT molecular complexity index is 243. The molecule has 1 rings (SSSR count). The summed E-state index contributed by atoms with van der Waals surface area (Å²) in [5, 5.41) is 0. The summed E-state index contributed by atoms with van der Waals surface area (Å²) in [6, 6.07) is 0. The van der Waals surface area contributed by atoms with Gasteiger partial charge in [-0.1, -0.05) is 66.2 Å². The Hall–Kier alpha value is 0.290. The molecule has 0 unspecified atom stereocenters. The SMILES string of the molecule is CCCCCCCCC1(CCl)CCC(C(C)(C)C)CC1. The van der Waals surface area contributed by atoms with Gasteiger partial charge in [-0.25, -0.2) is 0 Å². The molecule has 0 aromatic carbocycles. The van der Waals surface area contributed by atoms with Crippen LogP contribution in [-0.2, 0) is 0 Å². The van der Waals surface area contributed by atoms with Gasteiger partial charge in [-0.2, -0.15) is 0 Å². The molecule has 0 atom stereocenters. The van der Waals surface area contributed by atoms with Gasteiger partial charge in [-0.3, -0.25) is 0 Å². The lowest BCUT2D eigenvalue weighted by Crippen LogP contribution is -2.33. The minimum Gasteiger partial charge on any atom is -0.126 e. The zero-order chi connectivity index (χ0) is 15.1. The molecular formula is C19H37Cl. The molecule has 0 saturated heterocycles. The maximum atomic E-state index is 6.36. The van der Waals surface area contributed by atoms with Crippen molar-refractivity contribution < 1.29 is 0 Å². The van der Waals surface area contributed by atoms with Crippen LogP contribution in [0.25, 0.3) is 0 Å². The van der Waals surface area contributed by atoms with Crippen LogP contribution in [0.2, 0.25) is 0 Å². The summed E-state index contributed by atoms with van der Waals surface area (Å²) in [4.78, 5) is 0. The highest BCUT2D eigenvalue weighted by Crippen LogP contribution is 2.48. The van der Waals surface area contributed by atoms with E-state index < -0.39 is 0 Å². The van der Waals surface area contributed by atoms with E-state index in [4.69, 9.17) is 11.6 Å². The topological polar surface area (TPSA) is 0 Å². The highest BCUT2D eigenvalue weighted by Gasteiger charge is 2.37. The van der Waals surface area contributed by atoms with Crippen molar-refractivity contribution in [1.82, 2.24) is 0 Å². The normalized spacial score (nSPS) is 27.8. The Morgan fingerprint density at radius 2 is 1.50 bits per heavy atom. The van der Waals surface area contributed by atoms with Gasteiger partial charge < -0.3 is 0 Å². The summed E-state index contributed by atoms with van der Waals surface area (Å²) in [5.74, 6) is 1.79. The molecule has 0 spiro atoms. The van der Waals surface area contributed by atoms with Crippen LogP contribution in [0.15, 0.2) is 0 Å². The Labute approximate surface area is 133 Å². The minimum atomic E-state index is 0.480. The van der Waals surface area contributed by atoms with E-state index in [1.165, 1.54) is 70.6 Å². The third kappa shape index (κ3) is 5.96. The molecule has 0 aliphatic heterocycles. The van der Waals surface area contributed by atoms with Crippen molar-refractivity contribution in [2.45, 2.75) is 98.3 Å². The van der Waals surface area contributed by atoms with Crippen molar-refractivity contribution in [1.29, 1.82) is 0 Å². The van der Waals surface area contributed by atoms with Crippen LogP contribution in [-0.4, -0.2) is 5.88 Å². The third-order valence-corrected chi connectivity index (χ3v) is 6.18. The molecular weight excluding hydrogens is 264 g/mol. The molecule has 0 heterocycles. The van der Waals surface area contributed by atoms with Crippen molar-refractivity contribution >= 4 is 11.6 Å². The van der Waals surface area contributed by atoms with Gasteiger partial charge in [0.05, 0.1) is 0 Å². The van der Waals surface area contributed by atoms with Crippen LogP contribution in [0.5, 0.6) is 0 Å². The fourth-order valence-corrected chi connectivity index (χ4v) is 4.23. The van der Waals surface area contributed by atoms with Crippen molar-refractivity contribution in [3.8, 4) is 0 Å². The zero-order valence-corrected chi connectivity index (χ0v) is 15.2. The Morgan fingerprint density at radius 1 is 0.950 bits per heavy atom. The van der Waals surface area contributed by atoms with Gasteiger partial charge >= 0.3 is 0 Å². The van der Waals surface area contributed by atoms with Gasteiger partial charge in [0.25, 0.3) is 0 Å². The summed E-state index contributed by atoms with van der Waals surface area (Å²) in [5.41, 5.74) is 0.965. The van der Waals surface area contributed by atoms with E-state index >= 15 is 0 Å². The van der Waals surface area contributed by atoms with E-state index in [0.717, 1.165) is 11.8 Å². The molecule has 20 heavy (non-hydrogen) atoms. The first kappa shape index (κ1) is 18.3. The third-order valence-electron chi connectivity index (χ3n) is 5.62. The van der Waals surface area contributed by atoms with Crippen LogP contribution >= 0.6 is 11.6 Å². The van der Waals surface area contributed by atoms with E-state index in [2.05, 4.69) is 27.7 Å². The summed E-state index contributed by atoms with van der Waals surface area (Å²) in [6.07, 6.45) is 15.3. The summed E-state index contributed by atoms with van der Waals surface area (Å²) in [6.45, 7) is 9.49. The molecule has 0 aromatic heterocycles. The van der Waals surface area contributed by atoms with Crippen molar-refractivity contribution in [3.05, 3.63) is 0 Å². The number of alkyl halides is 1. The molecule has 1 saturated carbocycles. The number of hydrogen-bond acceptors (Lipinski definition) is 0. The number of halogens is 1. The lowest BCUT2D eigenvalue weighted by molar-refractivity contribution is 0.0936. The largest absolute Gasteiger partial charge is 0.126 e. The van der Waals surface area contributed by atoms with Gasteiger partial charge in [0.15, 0.2) is 0 Å². The van der Waals surface area contributed by atoms with E-state index in [1.807, 2.05) is 0 Å². The van der Waals surface area contributed by atoms with Crippen LogP contribution in [0.3, 0.4) is 0 Å². The maximum Gasteiger partial charge on any atom is 0.0280 e. The smallest absolute Gasteiger partial charge is 0.0280 e. The minimum absolute atomic E-state index is 0.480. The fourth-order valence-electron chi connectivity index (χ4n) is 3.83. The highest BCUT2D eigenvalue weighted by molar-refractivity contribution is 6.18. The van der Waals surface area contributed by atoms with Crippen molar-refractivity contribution in [2.24, 2.45) is 16.7 Å². The van der Waals surface area contributed by atoms with Gasteiger partial charge in [0.2, 0.25) is 0 Å². The van der Waals surface area contributed by atoms with Gasteiger partial charge in [0.1, 0.15) is 0 Å². The summed E-state index contributed by atoms with van der Waals surface area (Å²) < 4.78 is 0. The van der Waals surface area contributed by atoms with Crippen LogP contribution in [0.4, 0.5) is 0 Å². The monoisotopic (exact) mass is 300 g/mol. The van der Waals surface area contributed by atoms with Gasteiger partial charge in [-0.05, 0) is 48.9 Å². The first-order valence-electron chi connectivity index (χ1n) is 8.99. The van der Waals surface area contributed by atoms with Crippen molar-refractivity contribution in [2.75, 3.05) is 5.88 Å². The van der Waals surface area contributed by atoms with Gasteiger partial charge in [0, 0.05) is 5.88 Å². The predicted molar refractivity (Wildman–Crippen MR) is 92.6 cm³/mol. The molecule has 1 aliphatic carbocycles. The molecule has 1 heteroatoms. The average Bonchev–Trinajstić information content (AvgIpc) is 2.42. The molecule has 0 aromatic rings. The maximum absolute atomic E-state index is 6.36. The molecule has 0 N–H and O–H groups in total. The molecule has 1 fully saturated rings. The van der Waals surface area contributed by atoms with E-state index in [-0.39, 0.29) is 0 Å². The van der Waals surface area contributed by atoms with E-state index in [0.29, 0.717) is 10.8 Å². The zero-order valence-electron chi connectivity index (χ0n) is 14.4. The molecule has 0 bridgehead atoms. The number of rotatable bonds is 8. The summed E-state index contributed by atoms with van der Waals surface area (Å²) >= 11 is 6.36. The summed E-state index contributed by atoms with van der Waals surface area (Å²) in [7, 11) is 0. The van der Waals surface area contributed by atoms with Crippen molar-refractivity contribution in [3.63, 3.8) is 0 Å². The van der Waals surface area contributed by atoms with Crippen LogP contribution < -0.4 is 0 Å². The second-order valence-corrected chi connectivity index (χ2v) is 8.56. The van der Waals surface area contributed by atoms with Crippen LogP contribution in [0.1, 0.15) is 98.3 Å². The second-order valence-electron chi connectivity index (χ2n) is 8.29.